The van der Waals surface area contributed by atoms with E-state index in [1.54, 1.807) is 12.1 Å². The van der Waals surface area contributed by atoms with Crippen LogP contribution in [-0.2, 0) is 22.7 Å². The fraction of sp³-hybridized carbons (Fsp3) is 0.200. The molecule has 3 rings (SSSR count). The summed E-state index contributed by atoms with van der Waals surface area (Å²) in [7, 11) is 0. The molecule has 0 bridgehead atoms. The lowest BCUT2D eigenvalue weighted by molar-refractivity contribution is -0.121. The first-order valence-electron chi connectivity index (χ1n) is 8.26. The fourth-order valence-corrected chi connectivity index (χ4v) is 3.22. The normalized spacial score (nSPS) is 11.0. The maximum Gasteiger partial charge on any atom is 0.155 e. The van der Waals surface area contributed by atoms with Crippen LogP contribution in [-0.4, -0.2) is 22.2 Å². The van der Waals surface area contributed by atoms with Crippen molar-refractivity contribution in [2.24, 2.45) is 0 Å². The Hall–Kier alpha value is -1.85. The van der Waals surface area contributed by atoms with Crippen molar-refractivity contribution in [1.29, 1.82) is 0 Å². The third-order valence-electron chi connectivity index (χ3n) is 3.86. The molecule has 0 spiro atoms. The quantitative estimate of drug-likeness (QED) is 0.492. The average molecular weight is 424 g/mol. The van der Waals surface area contributed by atoms with E-state index in [9.17, 15) is 4.79 Å². The number of hydrogen-bond donors (Lipinski definition) is 0. The van der Waals surface area contributed by atoms with E-state index in [-0.39, 0.29) is 19.0 Å². The molecule has 0 atom stereocenters. The second kappa shape index (κ2) is 8.89. The second-order valence-corrected chi connectivity index (χ2v) is 7.40. The molecular formula is C20H17Cl3N2O2. The summed E-state index contributed by atoms with van der Waals surface area (Å²) in [4.78, 5) is 11.1. The average Bonchev–Trinajstić information content (AvgIpc) is 3.00. The molecule has 3 aromatic rings. The van der Waals surface area contributed by atoms with Crippen LogP contribution >= 0.6 is 34.8 Å². The van der Waals surface area contributed by atoms with Crippen molar-refractivity contribution in [3.8, 4) is 11.3 Å². The van der Waals surface area contributed by atoms with E-state index < -0.39 is 0 Å². The van der Waals surface area contributed by atoms with Gasteiger partial charge in [-0.05, 0) is 48.4 Å². The molecule has 7 heteroatoms. The van der Waals surface area contributed by atoms with Gasteiger partial charge in [-0.2, -0.15) is 5.10 Å². The van der Waals surface area contributed by atoms with E-state index in [4.69, 9.17) is 39.5 Å². The highest BCUT2D eigenvalue weighted by Crippen LogP contribution is 2.26. The van der Waals surface area contributed by atoms with Crippen molar-refractivity contribution < 1.29 is 9.53 Å². The standard InChI is InChI=1S/C20H17Cl3N2O2/c1-13(26)11-27-12-18-9-20(14-2-5-16(21)6-3-14)25(24-18)10-15-4-7-17(22)8-19(15)23/h2-9H,10-12H2,1H3. The van der Waals surface area contributed by atoms with Gasteiger partial charge in [0.25, 0.3) is 0 Å². The summed E-state index contributed by atoms with van der Waals surface area (Å²) in [6, 6.07) is 14.8. The Morgan fingerprint density at radius 1 is 1.04 bits per heavy atom. The van der Waals surface area contributed by atoms with Crippen LogP contribution in [0.3, 0.4) is 0 Å². The third kappa shape index (κ3) is 5.33. The number of ketones is 1. The molecule has 0 N–H and O–H groups in total. The van der Waals surface area contributed by atoms with Crippen LogP contribution in [0.15, 0.2) is 48.5 Å². The van der Waals surface area contributed by atoms with Gasteiger partial charge in [0.1, 0.15) is 6.61 Å². The molecule has 1 heterocycles. The lowest BCUT2D eigenvalue weighted by atomic mass is 10.1. The first kappa shape index (κ1) is 19.9. The van der Waals surface area contributed by atoms with E-state index in [1.807, 2.05) is 41.1 Å². The number of hydrogen-bond acceptors (Lipinski definition) is 3. The van der Waals surface area contributed by atoms with Crippen LogP contribution in [0.1, 0.15) is 18.2 Å². The van der Waals surface area contributed by atoms with Crippen molar-refractivity contribution in [2.45, 2.75) is 20.1 Å². The van der Waals surface area contributed by atoms with Crippen LogP contribution in [0, 0.1) is 0 Å². The minimum absolute atomic E-state index is 0.0275. The smallest absolute Gasteiger partial charge is 0.155 e. The number of Topliss-reactive ketones (excluding diaryl/α,β-unsaturated/α-hetero) is 1. The number of aromatic nitrogens is 2. The van der Waals surface area contributed by atoms with Gasteiger partial charge >= 0.3 is 0 Å². The summed E-state index contributed by atoms with van der Waals surface area (Å²) in [5.74, 6) is -0.0275. The van der Waals surface area contributed by atoms with Crippen molar-refractivity contribution in [3.05, 3.63) is 74.9 Å². The number of carbonyl (C=O) groups excluding carboxylic acids is 1. The van der Waals surface area contributed by atoms with Gasteiger partial charge in [0.2, 0.25) is 0 Å². The zero-order valence-electron chi connectivity index (χ0n) is 14.6. The zero-order valence-corrected chi connectivity index (χ0v) is 16.9. The van der Waals surface area contributed by atoms with Crippen molar-refractivity contribution in [1.82, 2.24) is 9.78 Å². The van der Waals surface area contributed by atoms with Crippen LogP contribution in [0.5, 0.6) is 0 Å². The Morgan fingerprint density at radius 2 is 1.74 bits per heavy atom. The third-order valence-corrected chi connectivity index (χ3v) is 4.70. The summed E-state index contributed by atoms with van der Waals surface area (Å²) < 4.78 is 7.26. The molecule has 0 fully saturated rings. The summed E-state index contributed by atoms with van der Waals surface area (Å²) in [6.07, 6.45) is 0. The molecule has 1 aromatic heterocycles. The summed E-state index contributed by atoms with van der Waals surface area (Å²) in [5.41, 5.74) is 3.50. The maximum atomic E-state index is 11.1. The summed E-state index contributed by atoms with van der Waals surface area (Å²) >= 11 is 18.3. The van der Waals surface area contributed by atoms with Crippen molar-refractivity contribution in [3.63, 3.8) is 0 Å². The predicted molar refractivity (Wildman–Crippen MR) is 109 cm³/mol. The summed E-state index contributed by atoms with van der Waals surface area (Å²) in [6.45, 7) is 2.27. The molecule has 0 unspecified atom stereocenters. The highest BCUT2D eigenvalue weighted by molar-refractivity contribution is 6.35. The lowest BCUT2D eigenvalue weighted by Gasteiger charge is -2.10. The molecule has 0 saturated carbocycles. The van der Waals surface area contributed by atoms with Gasteiger partial charge in [0.05, 0.1) is 24.5 Å². The Balaban J connectivity index is 1.92. The predicted octanol–water partition coefficient (Wildman–Crippen LogP) is 5.66. The Labute approximate surface area is 172 Å². The van der Waals surface area contributed by atoms with Crippen LogP contribution in [0.25, 0.3) is 11.3 Å². The lowest BCUT2D eigenvalue weighted by Crippen LogP contribution is -2.06. The molecule has 0 saturated heterocycles. The number of halogens is 3. The molecule has 0 aliphatic rings. The highest BCUT2D eigenvalue weighted by Gasteiger charge is 2.13. The number of benzene rings is 2. The van der Waals surface area contributed by atoms with Gasteiger partial charge < -0.3 is 4.74 Å². The molecule has 4 nitrogen and oxygen atoms in total. The minimum Gasteiger partial charge on any atom is -0.367 e. The first-order valence-corrected chi connectivity index (χ1v) is 9.39. The molecule has 27 heavy (non-hydrogen) atoms. The fourth-order valence-electron chi connectivity index (χ4n) is 2.62. The van der Waals surface area contributed by atoms with Gasteiger partial charge in [0.15, 0.2) is 5.78 Å². The molecule has 140 valence electrons. The monoisotopic (exact) mass is 422 g/mol. The van der Waals surface area contributed by atoms with Gasteiger partial charge in [-0.15, -0.1) is 0 Å². The zero-order chi connectivity index (χ0) is 19.4. The van der Waals surface area contributed by atoms with Crippen molar-refractivity contribution >= 4 is 40.6 Å². The van der Waals surface area contributed by atoms with E-state index in [0.29, 0.717) is 21.6 Å². The van der Waals surface area contributed by atoms with Gasteiger partial charge in [-0.1, -0.05) is 53.0 Å². The molecule has 2 aromatic carbocycles. The Bertz CT molecular complexity index is 952. The SMILES string of the molecule is CC(=O)COCc1cc(-c2ccc(Cl)cc2)n(Cc2ccc(Cl)cc2Cl)n1. The Morgan fingerprint density at radius 3 is 2.41 bits per heavy atom. The van der Waals surface area contributed by atoms with Gasteiger partial charge in [-0.25, -0.2) is 0 Å². The highest BCUT2D eigenvalue weighted by atomic mass is 35.5. The molecular weight excluding hydrogens is 407 g/mol. The first-order chi connectivity index (χ1) is 12.9. The van der Waals surface area contributed by atoms with E-state index >= 15 is 0 Å². The molecule has 0 radical (unpaired) electrons. The summed E-state index contributed by atoms with van der Waals surface area (Å²) in [5, 5.41) is 6.44. The van der Waals surface area contributed by atoms with E-state index in [1.165, 1.54) is 6.92 Å². The van der Waals surface area contributed by atoms with Gasteiger partial charge in [-0.3, -0.25) is 9.48 Å². The minimum atomic E-state index is -0.0275. The number of carbonyl (C=O) groups is 1. The van der Waals surface area contributed by atoms with E-state index in [2.05, 4.69) is 5.10 Å². The van der Waals surface area contributed by atoms with E-state index in [0.717, 1.165) is 22.5 Å². The maximum absolute atomic E-state index is 11.1. The number of ether oxygens (including phenoxy) is 1. The number of nitrogens with zero attached hydrogens (tertiary/aromatic N) is 2. The molecule has 0 aliphatic carbocycles. The molecule has 0 aliphatic heterocycles. The van der Waals surface area contributed by atoms with Crippen LogP contribution < -0.4 is 0 Å². The topological polar surface area (TPSA) is 44.1 Å². The Kier molecular flexibility index (Phi) is 6.55. The van der Waals surface area contributed by atoms with Gasteiger partial charge in [0, 0.05) is 15.1 Å². The molecule has 0 amide bonds. The number of rotatable bonds is 7. The second-order valence-electron chi connectivity index (χ2n) is 6.12. The largest absolute Gasteiger partial charge is 0.367 e. The van der Waals surface area contributed by atoms with Crippen molar-refractivity contribution in [2.75, 3.05) is 6.61 Å². The van der Waals surface area contributed by atoms with Crippen LogP contribution in [0.4, 0.5) is 0 Å². The van der Waals surface area contributed by atoms with Crippen LogP contribution in [0.2, 0.25) is 15.1 Å².